The standard InChI is InChI=1S/C23H27BrN2O4/c1-13-19(23(29)26-9-4-3-5-10-26)20(21-16(25-13)7-6-8-17(21)27)14-11-15(24)22(28)18(12-14)30-2/h11-12,20,25,28H,3-10H2,1-2H3/t20-/m1/s1. The molecule has 1 atom stereocenters. The number of rotatable bonds is 3. The number of allylic oxidation sites excluding steroid dienone is 3. The van der Waals surface area contributed by atoms with Crippen molar-refractivity contribution in [3.63, 3.8) is 0 Å². The van der Waals surface area contributed by atoms with E-state index in [0.29, 0.717) is 27.8 Å². The molecule has 160 valence electrons. The van der Waals surface area contributed by atoms with Crippen LogP contribution in [-0.2, 0) is 9.59 Å². The predicted octanol–water partition coefficient (Wildman–Crippen LogP) is 4.14. The third-order valence-corrected chi connectivity index (χ3v) is 6.86. The summed E-state index contributed by atoms with van der Waals surface area (Å²) in [5.41, 5.74) is 3.76. The van der Waals surface area contributed by atoms with Crippen molar-refractivity contribution in [1.29, 1.82) is 0 Å². The zero-order valence-corrected chi connectivity index (χ0v) is 19.0. The molecule has 6 nitrogen and oxygen atoms in total. The van der Waals surface area contributed by atoms with Crippen molar-refractivity contribution in [2.75, 3.05) is 20.2 Å². The Labute approximate surface area is 185 Å². The summed E-state index contributed by atoms with van der Waals surface area (Å²) in [6.07, 6.45) is 5.22. The molecule has 1 aromatic carbocycles. The number of phenols is 1. The fourth-order valence-corrected chi connectivity index (χ4v) is 5.24. The number of methoxy groups -OCH3 is 1. The highest BCUT2D eigenvalue weighted by molar-refractivity contribution is 9.10. The van der Waals surface area contributed by atoms with E-state index in [0.717, 1.165) is 62.2 Å². The number of piperidine rings is 1. The van der Waals surface area contributed by atoms with Crippen molar-refractivity contribution in [2.24, 2.45) is 0 Å². The number of aromatic hydroxyl groups is 1. The van der Waals surface area contributed by atoms with E-state index in [1.807, 2.05) is 11.8 Å². The number of carbonyl (C=O) groups is 2. The summed E-state index contributed by atoms with van der Waals surface area (Å²) in [6.45, 7) is 3.40. The highest BCUT2D eigenvalue weighted by atomic mass is 79.9. The lowest BCUT2D eigenvalue weighted by Gasteiger charge is -2.37. The number of nitrogens with one attached hydrogen (secondary N) is 1. The van der Waals surface area contributed by atoms with Crippen LogP contribution >= 0.6 is 15.9 Å². The summed E-state index contributed by atoms with van der Waals surface area (Å²) < 4.78 is 5.83. The average Bonchev–Trinajstić information content (AvgIpc) is 2.75. The van der Waals surface area contributed by atoms with Gasteiger partial charge in [0, 0.05) is 48.0 Å². The first kappa shape index (κ1) is 21.0. The van der Waals surface area contributed by atoms with Gasteiger partial charge >= 0.3 is 0 Å². The largest absolute Gasteiger partial charge is 0.503 e. The van der Waals surface area contributed by atoms with E-state index >= 15 is 0 Å². The van der Waals surface area contributed by atoms with Crippen LogP contribution in [0.1, 0.15) is 56.9 Å². The first-order chi connectivity index (χ1) is 14.4. The third-order valence-electron chi connectivity index (χ3n) is 6.25. The van der Waals surface area contributed by atoms with Crippen molar-refractivity contribution in [1.82, 2.24) is 10.2 Å². The Morgan fingerprint density at radius 3 is 2.63 bits per heavy atom. The molecular weight excluding hydrogens is 448 g/mol. The molecule has 0 unspecified atom stereocenters. The average molecular weight is 475 g/mol. The van der Waals surface area contributed by atoms with Gasteiger partial charge in [0.1, 0.15) is 0 Å². The van der Waals surface area contributed by atoms with Gasteiger partial charge in [-0.05, 0) is 72.7 Å². The zero-order valence-electron chi connectivity index (χ0n) is 17.4. The Morgan fingerprint density at radius 1 is 1.20 bits per heavy atom. The molecule has 2 aliphatic heterocycles. The van der Waals surface area contributed by atoms with Gasteiger partial charge in [-0.25, -0.2) is 0 Å². The maximum atomic E-state index is 13.6. The Morgan fingerprint density at radius 2 is 1.93 bits per heavy atom. The molecule has 2 heterocycles. The Bertz CT molecular complexity index is 960. The molecule has 30 heavy (non-hydrogen) atoms. The molecule has 1 saturated heterocycles. The summed E-state index contributed by atoms with van der Waals surface area (Å²) >= 11 is 3.40. The van der Waals surface area contributed by atoms with Crippen molar-refractivity contribution in [3.05, 3.63) is 44.7 Å². The molecule has 1 fully saturated rings. The van der Waals surface area contributed by atoms with E-state index in [4.69, 9.17) is 4.74 Å². The van der Waals surface area contributed by atoms with Gasteiger partial charge in [0.05, 0.1) is 11.6 Å². The molecule has 7 heteroatoms. The number of halogens is 1. The summed E-state index contributed by atoms with van der Waals surface area (Å²) in [5, 5.41) is 13.7. The minimum atomic E-state index is -0.478. The number of Topliss-reactive ketones (excluding diaryl/α,β-unsaturated/α-hetero) is 1. The fraction of sp³-hybridized carbons (Fsp3) is 0.478. The van der Waals surface area contributed by atoms with Crippen LogP contribution in [0.2, 0.25) is 0 Å². The predicted molar refractivity (Wildman–Crippen MR) is 117 cm³/mol. The Kier molecular flexibility index (Phi) is 5.91. The monoisotopic (exact) mass is 474 g/mol. The van der Waals surface area contributed by atoms with Crippen LogP contribution in [0.25, 0.3) is 0 Å². The second kappa shape index (κ2) is 8.46. The molecular formula is C23H27BrN2O4. The first-order valence-electron chi connectivity index (χ1n) is 10.5. The summed E-state index contributed by atoms with van der Waals surface area (Å²) in [4.78, 5) is 28.6. The van der Waals surface area contributed by atoms with E-state index in [1.165, 1.54) is 7.11 Å². The van der Waals surface area contributed by atoms with E-state index in [2.05, 4.69) is 21.2 Å². The van der Waals surface area contributed by atoms with Gasteiger partial charge in [0.2, 0.25) is 0 Å². The van der Waals surface area contributed by atoms with Gasteiger partial charge in [-0.15, -0.1) is 0 Å². The van der Waals surface area contributed by atoms with Crippen LogP contribution in [0.5, 0.6) is 11.5 Å². The number of carbonyl (C=O) groups excluding carboxylic acids is 2. The molecule has 1 aliphatic carbocycles. The lowest BCUT2D eigenvalue weighted by Crippen LogP contribution is -2.42. The molecule has 0 spiro atoms. The van der Waals surface area contributed by atoms with E-state index in [9.17, 15) is 14.7 Å². The topological polar surface area (TPSA) is 78.9 Å². The van der Waals surface area contributed by atoms with Crippen LogP contribution in [0.3, 0.4) is 0 Å². The third kappa shape index (κ3) is 3.64. The van der Waals surface area contributed by atoms with E-state index in [1.54, 1.807) is 12.1 Å². The number of amides is 1. The number of ketones is 1. The second-order valence-electron chi connectivity index (χ2n) is 8.17. The zero-order chi connectivity index (χ0) is 21.4. The molecule has 1 amide bonds. The molecule has 3 aliphatic rings. The molecule has 0 aromatic heterocycles. The number of likely N-dealkylation sites (tertiary alicyclic amines) is 1. The van der Waals surface area contributed by atoms with Gasteiger partial charge in [0.15, 0.2) is 17.3 Å². The molecule has 0 saturated carbocycles. The van der Waals surface area contributed by atoms with Gasteiger partial charge in [-0.1, -0.05) is 0 Å². The second-order valence-corrected chi connectivity index (χ2v) is 9.03. The maximum absolute atomic E-state index is 13.6. The minimum Gasteiger partial charge on any atom is -0.503 e. The lowest BCUT2D eigenvalue weighted by molar-refractivity contribution is -0.128. The Hall–Kier alpha value is -2.28. The van der Waals surface area contributed by atoms with Crippen molar-refractivity contribution >= 4 is 27.6 Å². The fourth-order valence-electron chi connectivity index (χ4n) is 4.78. The molecule has 1 aromatic rings. The number of hydrogen-bond donors (Lipinski definition) is 2. The summed E-state index contributed by atoms with van der Waals surface area (Å²) in [5.74, 6) is -0.102. The van der Waals surface area contributed by atoms with Gasteiger partial charge in [-0.3, -0.25) is 9.59 Å². The van der Waals surface area contributed by atoms with Crippen molar-refractivity contribution in [3.8, 4) is 11.5 Å². The first-order valence-corrected chi connectivity index (χ1v) is 11.3. The van der Waals surface area contributed by atoms with Crippen LogP contribution in [0, 0.1) is 0 Å². The number of hydrogen-bond acceptors (Lipinski definition) is 5. The highest BCUT2D eigenvalue weighted by Crippen LogP contribution is 2.46. The van der Waals surface area contributed by atoms with Crippen LogP contribution < -0.4 is 10.1 Å². The molecule has 4 rings (SSSR count). The molecule has 0 bridgehead atoms. The number of dihydropyridines is 1. The minimum absolute atomic E-state index is 0.00367. The molecule has 0 radical (unpaired) electrons. The highest BCUT2D eigenvalue weighted by Gasteiger charge is 2.40. The van der Waals surface area contributed by atoms with Crippen LogP contribution in [0.15, 0.2) is 39.1 Å². The quantitative estimate of drug-likeness (QED) is 0.687. The lowest BCUT2D eigenvalue weighted by atomic mass is 9.74. The summed E-state index contributed by atoms with van der Waals surface area (Å²) in [6, 6.07) is 3.52. The van der Waals surface area contributed by atoms with Gasteiger partial charge in [0.25, 0.3) is 5.91 Å². The van der Waals surface area contributed by atoms with Gasteiger partial charge < -0.3 is 20.1 Å². The number of ether oxygens (including phenoxy) is 1. The SMILES string of the molecule is COc1cc([C@@H]2C(C(=O)N3CCCCC3)=C(C)NC3=C2C(=O)CCC3)cc(Br)c1O. The van der Waals surface area contributed by atoms with Crippen molar-refractivity contribution < 1.29 is 19.4 Å². The number of nitrogens with zero attached hydrogens (tertiary/aromatic N) is 1. The van der Waals surface area contributed by atoms with E-state index < -0.39 is 5.92 Å². The number of benzene rings is 1. The smallest absolute Gasteiger partial charge is 0.252 e. The van der Waals surface area contributed by atoms with E-state index in [-0.39, 0.29) is 17.4 Å². The molecule has 2 N–H and O–H groups in total. The summed E-state index contributed by atoms with van der Waals surface area (Å²) in [7, 11) is 1.49. The Balaban J connectivity index is 1.87. The van der Waals surface area contributed by atoms with Crippen LogP contribution in [-0.4, -0.2) is 41.9 Å². The van der Waals surface area contributed by atoms with Gasteiger partial charge in [-0.2, -0.15) is 0 Å². The maximum Gasteiger partial charge on any atom is 0.252 e. The normalized spacial score (nSPS) is 22.0. The van der Waals surface area contributed by atoms with Crippen molar-refractivity contribution in [2.45, 2.75) is 51.4 Å². The van der Waals surface area contributed by atoms with Crippen LogP contribution in [0.4, 0.5) is 0 Å². The number of phenolic OH excluding ortho intramolecular Hbond substituents is 1.